The van der Waals surface area contributed by atoms with Crippen LogP contribution in [0.1, 0.15) is 26.2 Å². The Bertz CT molecular complexity index is 829. The number of rotatable bonds is 8. The number of ether oxygens (including phenoxy) is 1. The maximum absolute atomic E-state index is 11.9. The molecule has 0 radical (unpaired) electrons. The van der Waals surface area contributed by atoms with Crippen molar-refractivity contribution in [3.05, 3.63) is 60.7 Å². The summed E-state index contributed by atoms with van der Waals surface area (Å²) < 4.78 is 7.03. The standard InChI is InChI=1S/C21H23N3O2/c1-2-3-16-26-19(25)14-15-24-21(18-12-8-5-9-13-18)20(22-23-24)17-10-6-4-7-11-17/h4-13H,2-3,14-16H2,1H3. The molecule has 5 heteroatoms. The number of hydrogen-bond acceptors (Lipinski definition) is 4. The zero-order chi connectivity index (χ0) is 18.2. The molecule has 0 bridgehead atoms. The number of aryl methyl sites for hydroxylation is 1. The molecule has 3 rings (SSSR count). The summed E-state index contributed by atoms with van der Waals surface area (Å²) in [5.41, 5.74) is 3.76. The van der Waals surface area contributed by atoms with Gasteiger partial charge in [-0.3, -0.25) is 4.79 Å². The van der Waals surface area contributed by atoms with Crippen LogP contribution in [0.5, 0.6) is 0 Å². The van der Waals surface area contributed by atoms with Gasteiger partial charge in [0.15, 0.2) is 0 Å². The van der Waals surface area contributed by atoms with E-state index >= 15 is 0 Å². The highest BCUT2D eigenvalue weighted by atomic mass is 16.5. The fourth-order valence-corrected chi connectivity index (χ4v) is 2.74. The van der Waals surface area contributed by atoms with E-state index in [0.29, 0.717) is 13.2 Å². The second-order valence-electron chi connectivity index (χ2n) is 6.07. The molecule has 0 amide bonds. The molecule has 134 valence electrons. The highest BCUT2D eigenvalue weighted by Crippen LogP contribution is 2.30. The smallest absolute Gasteiger partial charge is 0.307 e. The first kappa shape index (κ1) is 17.9. The van der Waals surface area contributed by atoms with Crippen molar-refractivity contribution in [2.24, 2.45) is 0 Å². The van der Waals surface area contributed by atoms with Gasteiger partial charge in [-0.05, 0) is 6.42 Å². The van der Waals surface area contributed by atoms with E-state index in [-0.39, 0.29) is 12.4 Å². The number of aromatic nitrogens is 3. The largest absolute Gasteiger partial charge is 0.466 e. The van der Waals surface area contributed by atoms with Crippen molar-refractivity contribution in [2.45, 2.75) is 32.7 Å². The molecule has 0 saturated heterocycles. The molecule has 2 aromatic carbocycles. The van der Waals surface area contributed by atoms with Crippen molar-refractivity contribution in [3.63, 3.8) is 0 Å². The molecule has 0 atom stereocenters. The summed E-state index contributed by atoms with van der Waals surface area (Å²) in [5.74, 6) is -0.200. The molecular formula is C21H23N3O2. The van der Waals surface area contributed by atoms with Crippen LogP contribution >= 0.6 is 0 Å². The summed E-state index contributed by atoms with van der Waals surface area (Å²) in [6.45, 7) is 2.99. The molecule has 0 aliphatic rings. The van der Waals surface area contributed by atoms with E-state index in [1.165, 1.54) is 0 Å². The average Bonchev–Trinajstić information content (AvgIpc) is 3.12. The molecule has 1 heterocycles. The number of unbranched alkanes of at least 4 members (excludes halogenated alkanes) is 1. The van der Waals surface area contributed by atoms with Crippen LogP contribution in [-0.4, -0.2) is 27.6 Å². The molecular weight excluding hydrogens is 326 g/mol. The lowest BCUT2D eigenvalue weighted by Crippen LogP contribution is -2.11. The first-order chi connectivity index (χ1) is 12.8. The van der Waals surface area contributed by atoms with E-state index in [1.54, 1.807) is 4.68 Å². The molecule has 3 aromatic rings. The van der Waals surface area contributed by atoms with Gasteiger partial charge in [-0.1, -0.05) is 79.2 Å². The minimum Gasteiger partial charge on any atom is -0.466 e. The molecule has 1 aromatic heterocycles. The molecule has 0 fully saturated rings. The molecule has 0 saturated carbocycles. The molecule has 0 aliphatic heterocycles. The van der Waals surface area contributed by atoms with Crippen molar-refractivity contribution in [1.82, 2.24) is 15.0 Å². The van der Waals surface area contributed by atoms with Crippen LogP contribution in [0.3, 0.4) is 0 Å². The minimum absolute atomic E-state index is 0.200. The molecule has 0 aliphatic carbocycles. The monoisotopic (exact) mass is 349 g/mol. The van der Waals surface area contributed by atoms with Gasteiger partial charge in [-0.2, -0.15) is 0 Å². The fourth-order valence-electron chi connectivity index (χ4n) is 2.74. The van der Waals surface area contributed by atoms with Gasteiger partial charge in [0, 0.05) is 11.1 Å². The van der Waals surface area contributed by atoms with E-state index in [1.807, 2.05) is 60.7 Å². The normalized spacial score (nSPS) is 10.7. The summed E-state index contributed by atoms with van der Waals surface area (Å²) in [5, 5.41) is 8.67. The molecule has 0 N–H and O–H groups in total. The number of nitrogens with zero attached hydrogens (tertiary/aromatic N) is 3. The Morgan fingerprint density at radius 3 is 2.31 bits per heavy atom. The molecule has 0 spiro atoms. The average molecular weight is 349 g/mol. The third kappa shape index (κ3) is 4.36. The van der Waals surface area contributed by atoms with Gasteiger partial charge in [-0.25, -0.2) is 4.68 Å². The lowest BCUT2D eigenvalue weighted by atomic mass is 10.0. The number of esters is 1. The summed E-state index contributed by atoms with van der Waals surface area (Å²) in [6, 6.07) is 20.0. The number of carbonyl (C=O) groups excluding carboxylic acids is 1. The van der Waals surface area contributed by atoms with E-state index in [0.717, 1.165) is 35.4 Å². The first-order valence-corrected chi connectivity index (χ1v) is 8.99. The zero-order valence-electron chi connectivity index (χ0n) is 15.0. The lowest BCUT2D eigenvalue weighted by Gasteiger charge is -2.09. The zero-order valence-corrected chi connectivity index (χ0v) is 15.0. The molecule has 26 heavy (non-hydrogen) atoms. The van der Waals surface area contributed by atoms with E-state index in [4.69, 9.17) is 4.74 Å². The Hall–Kier alpha value is -2.95. The summed E-state index contributed by atoms with van der Waals surface area (Å²) in [7, 11) is 0. The lowest BCUT2D eigenvalue weighted by molar-refractivity contribution is -0.144. The summed E-state index contributed by atoms with van der Waals surface area (Å²) >= 11 is 0. The predicted octanol–water partition coefficient (Wildman–Crippen LogP) is 4.35. The van der Waals surface area contributed by atoms with Crippen LogP contribution in [0.25, 0.3) is 22.5 Å². The van der Waals surface area contributed by atoms with E-state index in [9.17, 15) is 4.79 Å². The highest BCUT2D eigenvalue weighted by Gasteiger charge is 2.17. The van der Waals surface area contributed by atoms with E-state index in [2.05, 4.69) is 17.2 Å². The Kier molecular flexibility index (Phi) is 6.14. The first-order valence-electron chi connectivity index (χ1n) is 8.99. The van der Waals surface area contributed by atoms with Crippen molar-refractivity contribution >= 4 is 5.97 Å². The van der Waals surface area contributed by atoms with Gasteiger partial charge in [0.25, 0.3) is 0 Å². The van der Waals surface area contributed by atoms with Gasteiger partial charge >= 0.3 is 5.97 Å². The predicted molar refractivity (Wildman–Crippen MR) is 101 cm³/mol. The van der Waals surface area contributed by atoms with Crippen molar-refractivity contribution in [3.8, 4) is 22.5 Å². The Balaban J connectivity index is 1.84. The van der Waals surface area contributed by atoms with Crippen molar-refractivity contribution < 1.29 is 9.53 Å². The third-order valence-electron chi connectivity index (χ3n) is 4.12. The van der Waals surface area contributed by atoms with Crippen molar-refractivity contribution in [2.75, 3.05) is 6.61 Å². The number of carbonyl (C=O) groups is 1. The van der Waals surface area contributed by atoms with Crippen LogP contribution in [0, 0.1) is 0 Å². The third-order valence-corrected chi connectivity index (χ3v) is 4.12. The fraction of sp³-hybridized carbons (Fsp3) is 0.286. The maximum atomic E-state index is 11.9. The number of benzene rings is 2. The van der Waals surface area contributed by atoms with Crippen LogP contribution in [0.15, 0.2) is 60.7 Å². The van der Waals surface area contributed by atoms with Crippen molar-refractivity contribution in [1.29, 1.82) is 0 Å². The van der Waals surface area contributed by atoms with Gasteiger partial charge in [-0.15, -0.1) is 5.10 Å². The second kappa shape index (κ2) is 8.94. The Morgan fingerprint density at radius 2 is 1.65 bits per heavy atom. The van der Waals surface area contributed by atoms with Gasteiger partial charge in [0.1, 0.15) is 5.69 Å². The summed E-state index contributed by atoms with van der Waals surface area (Å²) in [4.78, 5) is 11.9. The topological polar surface area (TPSA) is 57.0 Å². The van der Waals surface area contributed by atoms with Crippen LogP contribution in [-0.2, 0) is 16.1 Å². The molecule has 0 unspecified atom stereocenters. The van der Waals surface area contributed by atoms with Crippen LogP contribution in [0.4, 0.5) is 0 Å². The summed E-state index contributed by atoms with van der Waals surface area (Å²) in [6.07, 6.45) is 2.18. The Labute approximate surface area is 153 Å². The van der Waals surface area contributed by atoms with Gasteiger partial charge in [0.05, 0.1) is 25.3 Å². The molecule has 5 nitrogen and oxygen atoms in total. The van der Waals surface area contributed by atoms with Gasteiger partial charge < -0.3 is 4.74 Å². The SMILES string of the molecule is CCCCOC(=O)CCn1nnc(-c2ccccc2)c1-c1ccccc1. The maximum Gasteiger partial charge on any atom is 0.307 e. The Morgan fingerprint density at radius 1 is 1.00 bits per heavy atom. The number of hydrogen-bond donors (Lipinski definition) is 0. The van der Waals surface area contributed by atoms with Gasteiger partial charge in [0.2, 0.25) is 0 Å². The van der Waals surface area contributed by atoms with E-state index < -0.39 is 0 Å². The van der Waals surface area contributed by atoms with Crippen LogP contribution in [0.2, 0.25) is 0 Å². The second-order valence-corrected chi connectivity index (χ2v) is 6.07. The highest BCUT2D eigenvalue weighted by molar-refractivity contribution is 5.78. The minimum atomic E-state index is -0.200. The van der Waals surface area contributed by atoms with Crippen LogP contribution < -0.4 is 0 Å². The quantitative estimate of drug-likeness (QED) is 0.448.